The maximum Gasteiger partial charge on any atom is 0.135 e. The van der Waals surface area contributed by atoms with Crippen LogP contribution in [0.4, 0.5) is 0 Å². The average molecular weight is 152 g/mol. The fourth-order valence-corrected chi connectivity index (χ4v) is 0.885. The third-order valence-electron chi connectivity index (χ3n) is 0.904. The minimum atomic E-state index is -0.160. The predicted molar refractivity (Wildman–Crippen MR) is 37.5 cm³/mol. The summed E-state index contributed by atoms with van der Waals surface area (Å²) in [5.74, 6) is 0. The number of rotatable bonds is 0. The normalized spacial score (nSPS) is 39.8. The molecule has 0 saturated carbocycles. The number of hydrogen-bond acceptors (Lipinski definition) is 4. The lowest BCUT2D eigenvalue weighted by Crippen LogP contribution is -2.30. The summed E-state index contributed by atoms with van der Waals surface area (Å²) in [4.78, 5) is 0. The lowest BCUT2D eigenvalue weighted by Gasteiger charge is -2.24. The van der Waals surface area contributed by atoms with Crippen molar-refractivity contribution in [1.82, 2.24) is 0 Å². The van der Waals surface area contributed by atoms with Crippen LogP contribution < -0.4 is 0 Å². The van der Waals surface area contributed by atoms with Crippen molar-refractivity contribution >= 4 is 25.3 Å². The Morgan fingerprint density at radius 1 is 1.00 bits per heavy atom. The van der Waals surface area contributed by atoms with Crippen LogP contribution in [0.3, 0.4) is 0 Å². The van der Waals surface area contributed by atoms with Crippen molar-refractivity contribution in [3.8, 4) is 0 Å². The molecule has 8 heavy (non-hydrogen) atoms. The smallest absolute Gasteiger partial charge is 0.135 e. The van der Waals surface area contributed by atoms with Crippen molar-refractivity contribution in [3.63, 3.8) is 0 Å². The lowest BCUT2D eigenvalue weighted by atomic mass is 10.6. The third-order valence-corrected chi connectivity index (χ3v) is 1.98. The van der Waals surface area contributed by atoms with E-state index in [1.807, 2.05) is 0 Å². The lowest BCUT2D eigenvalue weighted by molar-refractivity contribution is -0.0645. The number of thiol groups is 2. The Balaban J connectivity index is 2.28. The van der Waals surface area contributed by atoms with Gasteiger partial charge in [-0.25, -0.2) is 0 Å². The van der Waals surface area contributed by atoms with Gasteiger partial charge in [0, 0.05) is 0 Å². The molecule has 0 N–H and O–H groups in total. The summed E-state index contributed by atoms with van der Waals surface area (Å²) in [7, 11) is 0. The van der Waals surface area contributed by atoms with Crippen molar-refractivity contribution in [2.75, 3.05) is 13.2 Å². The molecule has 1 rings (SSSR count). The Bertz CT molecular complexity index is 68.4. The topological polar surface area (TPSA) is 18.5 Å². The first-order valence-electron chi connectivity index (χ1n) is 2.40. The number of ether oxygens (including phenoxy) is 2. The van der Waals surface area contributed by atoms with Crippen LogP contribution in [0.25, 0.3) is 0 Å². The zero-order valence-corrected chi connectivity index (χ0v) is 6.07. The first kappa shape index (κ1) is 6.74. The van der Waals surface area contributed by atoms with Gasteiger partial charge in [-0.05, 0) is 0 Å². The van der Waals surface area contributed by atoms with Crippen molar-refractivity contribution in [3.05, 3.63) is 0 Å². The Labute approximate surface area is 59.4 Å². The molecular formula is C4H8O2S2. The minimum absolute atomic E-state index is 0.160. The summed E-state index contributed by atoms with van der Waals surface area (Å²) in [5.41, 5.74) is -0.320. The zero-order chi connectivity index (χ0) is 5.98. The Morgan fingerprint density at radius 3 is 1.62 bits per heavy atom. The van der Waals surface area contributed by atoms with E-state index in [0.717, 1.165) is 0 Å². The molecule has 48 valence electrons. The van der Waals surface area contributed by atoms with Gasteiger partial charge >= 0.3 is 0 Å². The minimum Gasteiger partial charge on any atom is -0.362 e. The molecular weight excluding hydrogens is 144 g/mol. The van der Waals surface area contributed by atoms with Crippen LogP contribution in [-0.2, 0) is 9.47 Å². The largest absolute Gasteiger partial charge is 0.362 e. The highest BCUT2D eigenvalue weighted by molar-refractivity contribution is 7.85. The van der Waals surface area contributed by atoms with Crippen LogP contribution in [-0.4, -0.2) is 24.1 Å². The SMILES string of the molecule is SC1OCCOC1S. The van der Waals surface area contributed by atoms with E-state index in [1.54, 1.807) is 0 Å². The van der Waals surface area contributed by atoms with E-state index < -0.39 is 0 Å². The molecule has 0 aromatic rings. The maximum atomic E-state index is 5.05. The molecule has 1 aliphatic heterocycles. The van der Waals surface area contributed by atoms with E-state index >= 15 is 0 Å². The molecule has 0 spiro atoms. The summed E-state index contributed by atoms with van der Waals surface area (Å²) in [6.07, 6.45) is 0. The molecule has 2 nitrogen and oxygen atoms in total. The Morgan fingerprint density at radius 2 is 1.38 bits per heavy atom. The monoisotopic (exact) mass is 152 g/mol. The summed E-state index contributed by atoms with van der Waals surface area (Å²) in [5, 5.41) is 0. The van der Waals surface area contributed by atoms with E-state index in [4.69, 9.17) is 9.47 Å². The van der Waals surface area contributed by atoms with Gasteiger partial charge in [0.2, 0.25) is 0 Å². The molecule has 0 aromatic carbocycles. The van der Waals surface area contributed by atoms with E-state index in [9.17, 15) is 0 Å². The highest BCUT2D eigenvalue weighted by atomic mass is 32.1. The third kappa shape index (κ3) is 1.55. The van der Waals surface area contributed by atoms with Crippen LogP contribution in [0.2, 0.25) is 0 Å². The number of hydrogen-bond donors (Lipinski definition) is 2. The van der Waals surface area contributed by atoms with Crippen LogP contribution in [0.1, 0.15) is 0 Å². The maximum absolute atomic E-state index is 5.05. The second kappa shape index (κ2) is 2.96. The summed E-state index contributed by atoms with van der Waals surface area (Å²) >= 11 is 8.07. The van der Waals surface area contributed by atoms with E-state index in [-0.39, 0.29) is 10.9 Å². The van der Waals surface area contributed by atoms with Crippen molar-refractivity contribution < 1.29 is 9.47 Å². The van der Waals surface area contributed by atoms with E-state index in [2.05, 4.69) is 25.3 Å². The molecule has 4 heteroatoms. The Kier molecular flexibility index (Phi) is 2.49. The second-order valence-corrected chi connectivity index (χ2v) is 2.54. The molecule has 0 aromatic heterocycles. The van der Waals surface area contributed by atoms with Gasteiger partial charge in [-0.2, -0.15) is 0 Å². The highest BCUT2D eigenvalue weighted by Crippen LogP contribution is 2.15. The summed E-state index contributed by atoms with van der Waals surface area (Å²) < 4.78 is 10.1. The molecule has 1 fully saturated rings. The van der Waals surface area contributed by atoms with E-state index in [0.29, 0.717) is 13.2 Å². The molecule has 1 saturated heterocycles. The van der Waals surface area contributed by atoms with Gasteiger partial charge < -0.3 is 9.47 Å². The molecule has 2 atom stereocenters. The predicted octanol–water partition coefficient (Wildman–Crippen LogP) is 0.545. The van der Waals surface area contributed by atoms with Crippen molar-refractivity contribution in [2.45, 2.75) is 10.9 Å². The summed E-state index contributed by atoms with van der Waals surface area (Å²) in [6.45, 7) is 1.26. The standard InChI is InChI=1S/C4H8O2S2/c7-3-4(8)6-2-1-5-3/h3-4,7-8H,1-2H2. The van der Waals surface area contributed by atoms with Gasteiger partial charge in [0.05, 0.1) is 13.2 Å². The molecule has 1 aliphatic rings. The van der Waals surface area contributed by atoms with Gasteiger partial charge in [0.15, 0.2) is 0 Å². The molecule has 2 unspecified atom stereocenters. The molecule has 0 aliphatic carbocycles. The molecule has 0 amide bonds. The van der Waals surface area contributed by atoms with Crippen molar-refractivity contribution in [1.29, 1.82) is 0 Å². The van der Waals surface area contributed by atoms with Gasteiger partial charge in [0.1, 0.15) is 10.9 Å². The van der Waals surface area contributed by atoms with Crippen LogP contribution in [0, 0.1) is 0 Å². The van der Waals surface area contributed by atoms with Crippen LogP contribution in [0.15, 0.2) is 0 Å². The highest BCUT2D eigenvalue weighted by Gasteiger charge is 2.18. The van der Waals surface area contributed by atoms with Crippen LogP contribution in [0.5, 0.6) is 0 Å². The first-order valence-corrected chi connectivity index (χ1v) is 3.43. The average Bonchev–Trinajstić information content (AvgIpc) is 1.77. The summed E-state index contributed by atoms with van der Waals surface area (Å²) in [6, 6.07) is 0. The quantitative estimate of drug-likeness (QED) is 0.494. The Hall–Kier alpha value is 0.620. The molecule has 0 radical (unpaired) electrons. The molecule has 1 heterocycles. The first-order chi connectivity index (χ1) is 3.80. The van der Waals surface area contributed by atoms with Gasteiger partial charge in [-0.3, -0.25) is 0 Å². The fourth-order valence-electron chi connectivity index (χ4n) is 0.502. The van der Waals surface area contributed by atoms with Crippen LogP contribution >= 0.6 is 25.3 Å². The second-order valence-electron chi connectivity index (χ2n) is 1.52. The van der Waals surface area contributed by atoms with Crippen molar-refractivity contribution in [2.24, 2.45) is 0 Å². The van der Waals surface area contributed by atoms with Gasteiger partial charge in [-0.15, -0.1) is 25.3 Å². The van der Waals surface area contributed by atoms with Gasteiger partial charge in [0.25, 0.3) is 0 Å². The molecule has 0 bridgehead atoms. The van der Waals surface area contributed by atoms with Gasteiger partial charge in [-0.1, -0.05) is 0 Å². The van der Waals surface area contributed by atoms with E-state index in [1.165, 1.54) is 0 Å². The fraction of sp³-hybridized carbons (Fsp3) is 1.00. The zero-order valence-electron chi connectivity index (χ0n) is 4.28.